The molecule has 2 aromatic rings. The Balaban J connectivity index is 2.35. The van der Waals surface area contributed by atoms with E-state index in [-0.39, 0.29) is 5.78 Å². The molecule has 0 aliphatic heterocycles. The highest BCUT2D eigenvalue weighted by atomic mass is 79.9. The van der Waals surface area contributed by atoms with Gasteiger partial charge in [-0.2, -0.15) is 5.10 Å². The van der Waals surface area contributed by atoms with Gasteiger partial charge in [-0.1, -0.05) is 24.6 Å². The lowest BCUT2D eigenvalue weighted by Crippen LogP contribution is -2.11. The van der Waals surface area contributed by atoms with Crippen LogP contribution in [0.1, 0.15) is 41.2 Å². The number of nitrogens with zero attached hydrogens (tertiary/aromatic N) is 2. The fourth-order valence-corrected chi connectivity index (χ4v) is 3.20. The average Bonchev–Trinajstić information content (AvgIpc) is 2.77. The van der Waals surface area contributed by atoms with Crippen molar-refractivity contribution in [1.82, 2.24) is 9.78 Å². The molecule has 0 N–H and O–H groups in total. The average molecular weight is 370 g/mol. The maximum absolute atomic E-state index is 12.6. The Morgan fingerprint density at radius 1 is 1.38 bits per heavy atom. The highest BCUT2D eigenvalue weighted by molar-refractivity contribution is 9.10. The number of halogens is 2. The number of carbonyl (C=O) groups excluding carboxylic acids is 1. The molecule has 5 heteroatoms. The van der Waals surface area contributed by atoms with Gasteiger partial charge in [0, 0.05) is 17.1 Å². The molecule has 0 spiro atoms. The van der Waals surface area contributed by atoms with Crippen LogP contribution in [0.3, 0.4) is 0 Å². The van der Waals surface area contributed by atoms with Gasteiger partial charge in [0.25, 0.3) is 0 Å². The fourth-order valence-electron chi connectivity index (χ4n) is 2.33. The largest absolute Gasteiger partial charge is 0.294 e. The Bertz CT molecular complexity index is 679. The summed E-state index contributed by atoms with van der Waals surface area (Å²) >= 11 is 9.58. The molecule has 0 atom stereocenters. The second-order valence-electron chi connectivity index (χ2n) is 4.94. The molecule has 0 unspecified atom stereocenters. The molecule has 0 saturated carbocycles. The van der Waals surface area contributed by atoms with Crippen LogP contribution in [-0.2, 0) is 19.4 Å². The predicted molar refractivity (Wildman–Crippen MR) is 89.2 cm³/mol. The van der Waals surface area contributed by atoms with Crippen molar-refractivity contribution in [2.24, 2.45) is 0 Å². The molecule has 1 heterocycles. The molecule has 1 aromatic heterocycles. The minimum Gasteiger partial charge on any atom is -0.294 e. The van der Waals surface area contributed by atoms with E-state index in [9.17, 15) is 4.79 Å². The van der Waals surface area contributed by atoms with E-state index in [0.717, 1.165) is 34.4 Å². The number of aryl methyl sites for hydroxylation is 3. The number of Topliss-reactive ketones (excluding diaryl/α,β-unsaturated/α-hetero) is 1. The first-order valence-corrected chi connectivity index (χ1v) is 8.18. The SMILES string of the molecule is CCc1nn(CC)c(CC(=O)c2cc(Cl)ccc2C)c1Br. The van der Waals surface area contributed by atoms with Crippen LogP contribution in [0.2, 0.25) is 5.02 Å². The second kappa shape index (κ2) is 6.75. The van der Waals surface area contributed by atoms with Gasteiger partial charge in [0.05, 0.1) is 22.3 Å². The third-order valence-electron chi connectivity index (χ3n) is 3.52. The van der Waals surface area contributed by atoms with Crippen LogP contribution in [-0.4, -0.2) is 15.6 Å². The van der Waals surface area contributed by atoms with Crippen LogP contribution in [0.4, 0.5) is 0 Å². The third kappa shape index (κ3) is 3.38. The minimum atomic E-state index is 0.0629. The van der Waals surface area contributed by atoms with Crippen molar-refractivity contribution in [3.05, 3.63) is 50.2 Å². The zero-order valence-electron chi connectivity index (χ0n) is 12.4. The smallest absolute Gasteiger partial charge is 0.169 e. The van der Waals surface area contributed by atoms with Crippen molar-refractivity contribution in [1.29, 1.82) is 0 Å². The van der Waals surface area contributed by atoms with Gasteiger partial charge in [-0.05, 0) is 53.9 Å². The number of aromatic nitrogens is 2. The van der Waals surface area contributed by atoms with Crippen LogP contribution in [0.5, 0.6) is 0 Å². The van der Waals surface area contributed by atoms with Crippen molar-refractivity contribution in [2.75, 3.05) is 0 Å². The molecular formula is C16H18BrClN2O. The summed E-state index contributed by atoms with van der Waals surface area (Å²) in [5.74, 6) is 0.0629. The Labute approximate surface area is 138 Å². The van der Waals surface area contributed by atoms with Crippen molar-refractivity contribution < 1.29 is 4.79 Å². The van der Waals surface area contributed by atoms with Gasteiger partial charge < -0.3 is 0 Å². The maximum Gasteiger partial charge on any atom is 0.169 e. The standard InChI is InChI=1S/C16H18BrClN2O/c1-4-13-16(17)14(20(5-2)19-13)9-15(21)12-8-11(18)7-6-10(12)3/h6-8H,4-5,9H2,1-3H3. The van der Waals surface area contributed by atoms with Crippen LogP contribution in [0.25, 0.3) is 0 Å². The minimum absolute atomic E-state index is 0.0629. The summed E-state index contributed by atoms with van der Waals surface area (Å²) in [5.41, 5.74) is 3.54. The summed E-state index contributed by atoms with van der Waals surface area (Å²) in [6.07, 6.45) is 1.16. The monoisotopic (exact) mass is 368 g/mol. The molecular weight excluding hydrogens is 352 g/mol. The first-order chi connectivity index (χ1) is 9.97. The van der Waals surface area contributed by atoms with Crippen LogP contribution >= 0.6 is 27.5 Å². The van der Waals surface area contributed by atoms with Crippen molar-refractivity contribution in [2.45, 2.75) is 40.2 Å². The van der Waals surface area contributed by atoms with E-state index in [1.165, 1.54) is 0 Å². The van der Waals surface area contributed by atoms with E-state index < -0.39 is 0 Å². The van der Waals surface area contributed by atoms with E-state index in [4.69, 9.17) is 11.6 Å². The van der Waals surface area contributed by atoms with E-state index >= 15 is 0 Å². The Morgan fingerprint density at radius 3 is 2.71 bits per heavy atom. The molecule has 21 heavy (non-hydrogen) atoms. The number of hydrogen-bond acceptors (Lipinski definition) is 2. The van der Waals surface area contributed by atoms with Gasteiger partial charge in [-0.3, -0.25) is 9.48 Å². The summed E-state index contributed by atoms with van der Waals surface area (Å²) in [4.78, 5) is 12.6. The fraction of sp³-hybridized carbons (Fsp3) is 0.375. The molecule has 3 nitrogen and oxygen atoms in total. The van der Waals surface area contributed by atoms with Gasteiger partial charge in [-0.15, -0.1) is 0 Å². The molecule has 0 radical (unpaired) electrons. The zero-order valence-corrected chi connectivity index (χ0v) is 14.8. The van der Waals surface area contributed by atoms with Gasteiger partial charge >= 0.3 is 0 Å². The summed E-state index contributed by atoms with van der Waals surface area (Å²) in [5, 5.41) is 5.11. The topological polar surface area (TPSA) is 34.9 Å². The summed E-state index contributed by atoms with van der Waals surface area (Å²) < 4.78 is 2.83. The van der Waals surface area contributed by atoms with E-state index in [2.05, 4.69) is 28.0 Å². The Morgan fingerprint density at radius 2 is 2.10 bits per heavy atom. The number of hydrogen-bond donors (Lipinski definition) is 0. The number of ketones is 1. The highest BCUT2D eigenvalue weighted by Gasteiger charge is 2.19. The van der Waals surface area contributed by atoms with Crippen LogP contribution in [0.15, 0.2) is 22.7 Å². The molecule has 112 valence electrons. The lowest BCUT2D eigenvalue weighted by Gasteiger charge is -2.08. The highest BCUT2D eigenvalue weighted by Crippen LogP contribution is 2.25. The molecule has 2 rings (SSSR count). The van der Waals surface area contributed by atoms with E-state index in [1.54, 1.807) is 12.1 Å². The second-order valence-corrected chi connectivity index (χ2v) is 6.17. The van der Waals surface area contributed by atoms with Gasteiger partial charge in [0.1, 0.15) is 0 Å². The van der Waals surface area contributed by atoms with Gasteiger partial charge in [0.15, 0.2) is 5.78 Å². The lowest BCUT2D eigenvalue weighted by atomic mass is 10.0. The van der Waals surface area contributed by atoms with Crippen LogP contribution < -0.4 is 0 Å². The summed E-state index contributed by atoms with van der Waals surface area (Å²) in [7, 11) is 0. The van der Waals surface area contributed by atoms with Crippen molar-refractivity contribution in [3.8, 4) is 0 Å². The normalized spacial score (nSPS) is 10.9. The first kappa shape index (κ1) is 16.2. The number of rotatable bonds is 5. The maximum atomic E-state index is 12.6. The predicted octanol–water partition coefficient (Wildman–Crippen LogP) is 4.62. The van der Waals surface area contributed by atoms with E-state index in [0.29, 0.717) is 17.0 Å². The molecule has 0 amide bonds. The lowest BCUT2D eigenvalue weighted by molar-refractivity contribution is 0.0989. The molecule has 0 bridgehead atoms. The van der Waals surface area contributed by atoms with Crippen molar-refractivity contribution in [3.63, 3.8) is 0 Å². The van der Waals surface area contributed by atoms with Gasteiger partial charge in [-0.25, -0.2) is 0 Å². The van der Waals surface area contributed by atoms with Crippen LogP contribution in [0, 0.1) is 6.92 Å². The van der Waals surface area contributed by atoms with E-state index in [1.807, 2.05) is 24.6 Å². The Kier molecular flexibility index (Phi) is 5.22. The molecule has 0 aliphatic carbocycles. The third-order valence-corrected chi connectivity index (χ3v) is 4.67. The van der Waals surface area contributed by atoms with Gasteiger partial charge in [0.2, 0.25) is 0 Å². The molecule has 0 saturated heterocycles. The molecule has 0 fully saturated rings. The number of carbonyl (C=O) groups is 1. The summed E-state index contributed by atoms with van der Waals surface area (Å²) in [6, 6.07) is 5.41. The molecule has 0 aliphatic rings. The molecule has 1 aromatic carbocycles. The quantitative estimate of drug-likeness (QED) is 0.721. The first-order valence-electron chi connectivity index (χ1n) is 7.01. The zero-order chi connectivity index (χ0) is 15.6. The summed E-state index contributed by atoms with van der Waals surface area (Å²) in [6.45, 7) is 6.75. The Hall–Kier alpha value is -1.13. The number of benzene rings is 1. The van der Waals surface area contributed by atoms with Crippen molar-refractivity contribution >= 4 is 33.3 Å².